The summed E-state index contributed by atoms with van der Waals surface area (Å²) in [6, 6.07) is 12.3. The number of benzene rings is 2. The molecule has 2 N–H and O–H groups in total. The predicted molar refractivity (Wildman–Crippen MR) is 117 cm³/mol. The Balaban J connectivity index is 1.38. The SMILES string of the molecule is COc1ccc(NC(=O)CN2C=CN3NC(c4ccc(Cl)cc4)CC3C2=O)cc1OC. The molecule has 0 radical (unpaired) electrons. The van der Waals surface area contributed by atoms with Gasteiger partial charge < -0.3 is 24.7 Å². The second-order valence-corrected chi connectivity index (χ2v) is 7.71. The van der Waals surface area contributed by atoms with Crippen molar-refractivity contribution in [3.63, 3.8) is 0 Å². The van der Waals surface area contributed by atoms with Crippen LogP contribution in [0.2, 0.25) is 5.02 Å². The van der Waals surface area contributed by atoms with E-state index in [1.165, 1.54) is 12.0 Å². The molecule has 0 bridgehead atoms. The van der Waals surface area contributed by atoms with E-state index in [2.05, 4.69) is 10.7 Å². The third kappa shape index (κ3) is 4.45. The molecule has 2 aromatic carbocycles. The van der Waals surface area contributed by atoms with Crippen molar-refractivity contribution in [3.8, 4) is 11.5 Å². The molecule has 162 valence electrons. The quantitative estimate of drug-likeness (QED) is 0.715. The highest BCUT2D eigenvalue weighted by molar-refractivity contribution is 6.30. The predicted octanol–water partition coefficient (Wildman–Crippen LogP) is 2.93. The van der Waals surface area contributed by atoms with E-state index in [0.717, 1.165) is 5.56 Å². The second-order valence-electron chi connectivity index (χ2n) is 7.27. The molecule has 8 nitrogen and oxygen atoms in total. The smallest absolute Gasteiger partial charge is 0.251 e. The van der Waals surface area contributed by atoms with E-state index in [4.69, 9.17) is 21.1 Å². The lowest BCUT2D eigenvalue weighted by Gasteiger charge is -2.31. The van der Waals surface area contributed by atoms with Crippen LogP contribution in [0, 0.1) is 0 Å². The average Bonchev–Trinajstić information content (AvgIpc) is 3.21. The molecular weight excluding hydrogens is 420 g/mol. The van der Waals surface area contributed by atoms with Gasteiger partial charge in [0, 0.05) is 29.2 Å². The third-order valence-corrected chi connectivity index (χ3v) is 5.58. The standard InChI is InChI=1S/C22H23ClN4O4/c1-30-19-8-7-16(11-20(19)31-2)24-21(28)13-26-9-10-27-18(22(26)29)12-17(25-27)14-3-5-15(23)6-4-14/h3-11,17-18,25H,12-13H2,1-2H3,(H,24,28). The van der Waals surface area contributed by atoms with Crippen LogP contribution >= 0.6 is 11.6 Å². The highest BCUT2D eigenvalue weighted by Gasteiger charge is 2.40. The molecule has 2 heterocycles. The maximum Gasteiger partial charge on any atom is 0.251 e. The largest absolute Gasteiger partial charge is 0.493 e. The number of ether oxygens (including phenoxy) is 2. The summed E-state index contributed by atoms with van der Waals surface area (Å²) >= 11 is 5.97. The van der Waals surface area contributed by atoms with Crippen LogP contribution in [-0.2, 0) is 9.59 Å². The molecular formula is C22H23ClN4O4. The van der Waals surface area contributed by atoms with E-state index in [1.54, 1.807) is 42.7 Å². The zero-order chi connectivity index (χ0) is 22.0. The lowest BCUT2D eigenvalue weighted by molar-refractivity contribution is -0.137. The maximum absolute atomic E-state index is 13.0. The van der Waals surface area contributed by atoms with Gasteiger partial charge in [0.1, 0.15) is 12.6 Å². The number of methoxy groups -OCH3 is 2. The summed E-state index contributed by atoms with van der Waals surface area (Å²) in [7, 11) is 3.07. The number of hydrogen-bond donors (Lipinski definition) is 2. The fourth-order valence-corrected chi connectivity index (χ4v) is 3.87. The van der Waals surface area contributed by atoms with Crippen LogP contribution < -0.4 is 20.2 Å². The Hall–Kier alpha value is -3.23. The first-order valence-corrected chi connectivity index (χ1v) is 10.2. The van der Waals surface area contributed by atoms with Gasteiger partial charge in [0.2, 0.25) is 5.91 Å². The first-order valence-electron chi connectivity index (χ1n) is 9.79. The summed E-state index contributed by atoms with van der Waals surface area (Å²) in [6.07, 6.45) is 3.99. The highest BCUT2D eigenvalue weighted by Crippen LogP contribution is 2.32. The Morgan fingerprint density at radius 2 is 1.87 bits per heavy atom. The van der Waals surface area contributed by atoms with Crippen LogP contribution in [-0.4, -0.2) is 48.5 Å². The molecule has 9 heteroatoms. The van der Waals surface area contributed by atoms with E-state index in [0.29, 0.717) is 28.6 Å². The lowest BCUT2D eigenvalue weighted by atomic mass is 10.0. The van der Waals surface area contributed by atoms with Gasteiger partial charge in [-0.2, -0.15) is 0 Å². The number of amides is 2. The molecule has 2 unspecified atom stereocenters. The van der Waals surface area contributed by atoms with Crippen LogP contribution in [0.3, 0.4) is 0 Å². The molecule has 2 amide bonds. The van der Waals surface area contributed by atoms with E-state index in [-0.39, 0.29) is 30.4 Å². The summed E-state index contributed by atoms with van der Waals surface area (Å²) in [4.78, 5) is 26.9. The summed E-state index contributed by atoms with van der Waals surface area (Å²) in [5.74, 6) is 0.640. The van der Waals surface area contributed by atoms with Crippen molar-refractivity contribution in [2.75, 3.05) is 26.1 Å². The van der Waals surface area contributed by atoms with E-state index in [1.807, 2.05) is 24.3 Å². The number of carbonyl (C=O) groups excluding carboxylic acids is 2. The Labute approximate surface area is 185 Å². The molecule has 0 spiro atoms. The Bertz CT molecular complexity index is 1010. The number of anilines is 1. The van der Waals surface area contributed by atoms with Crippen LogP contribution in [0.5, 0.6) is 11.5 Å². The van der Waals surface area contributed by atoms with Crippen molar-refractivity contribution in [2.24, 2.45) is 0 Å². The highest BCUT2D eigenvalue weighted by atomic mass is 35.5. The number of fused-ring (bicyclic) bond motifs is 1. The van der Waals surface area contributed by atoms with Crippen molar-refractivity contribution in [2.45, 2.75) is 18.5 Å². The average molecular weight is 443 g/mol. The van der Waals surface area contributed by atoms with Crippen molar-refractivity contribution in [3.05, 3.63) is 65.5 Å². The molecule has 2 aromatic rings. The zero-order valence-electron chi connectivity index (χ0n) is 17.2. The Morgan fingerprint density at radius 1 is 1.13 bits per heavy atom. The maximum atomic E-state index is 13.0. The van der Waals surface area contributed by atoms with Crippen molar-refractivity contribution in [1.29, 1.82) is 0 Å². The van der Waals surface area contributed by atoms with Gasteiger partial charge in [-0.05, 0) is 36.2 Å². The van der Waals surface area contributed by atoms with Crippen LogP contribution in [0.25, 0.3) is 0 Å². The van der Waals surface area contributed by atoms with Gasteiger partial charge in [-0.15, -0.1) is 0 Å². The van der Waals surface area contributed by atoms with Gasteiger partial charge in [0.15, 0.2) is 11.5 Å². The minimum absolute atomic E-state index is 0.00333. The van der Waals surface area contributed by atoms with Crippen molar-refractivity contribution >= 4 is 29.1 Å². The molecule has 2 aliphatic heterocycles. The molecule has 0 aliphatic carbocycles. The summed E-state index contributed by atoms with van der Waals surface area (Å²) < 4.78 is 10.5. The Morgan fingerprint density at radius 3 is 2.58 bits per heavy atom. The van der Waals surface area contributed by atoms with E-state index < -0.39 is 0 Å². The normalized spacial score (nSPS) is 19.9. The first kappa shape index (κ1) is 21.0. The van der Waals surface area contributed by atoms with Gasteiger partial charge in [0.05, 0.1) is 20.3 Å². The number of hydrogen-bond acceptors (Lipinski definition) is 6. The van der Waals surface area contributed by atoms with Crippen LogP contribution in [0.1, 0.15) is 18.0 Å². The number of nitrogens with one attached hydrogen (secondary N) is 2. The summed E-state index contributed by atoms with van der Waals surface area (Å²) in [5, 5.41) is 5.26. The van der Waals surface area contributed by atoms with Gasteiger partial charge in [-0.1, -0.05) is 23.7 Å². The first-order chi connectivity index (χ1) is 15.0. The minimum atomic E-state index is -0.375. The van der Waals surface area contributed by atoms with Crippen molar-refractivity contribution < 1.29 is 19.1 Å². The molecule has 0 saturated carbocycles. The molecule has 2 aliphatic rings. The molecule has 31 heavy (non-hydrogen) atoms. The summed E-state index contributed by atoms with van der Waals surface area (Å²) in [5.41, 5.74) is 4.94. The number of halogens is 1. The van der Waals surface area contributed by atoms with Crippen LogP contribution in [0.4, 0.5) is 5.69 Å². The van der Waals surface area contributed by atoms with E-state index in [9.17, 15) is 9.59 Å². The van der Waals surface area contributed by atoms with Gasteiger partial charge in [-0.3, -0.25) is 9.59 Å². The van der Waals surface area contributed by atoms with E-state index >= 15 is 0 Å². The van der Waals surface area contributed by atoms with Crippen molar-refractivity contribution in [1.82, 2.24) is 15.3 Å². The second kappa shape index (κ2) is 8.87. The minimum Gasteiger partial charge on any atom is -0.493 e. The summed E-state index contributed by atoms with van der Waals surface area (Å²) in [6.45, 7) is -0.0837. The molecule has 4 rings (SSSR count). The fraction of sp³-hybridized carbons (Fsp3) is 0.273. The number of rotatable bonds is 6. The third-order valence-electron chi connectivity index (χ3n) is 5.33. The lowest BCUT2D eigenvalue weighted by Crippen LogP contribution is -2.49. The molecule has 1 fully saturated rings. The number of hydrazine groups is 1. The van der Waals surface area contributed by atoms with Gasteiger partial charge >= 0.3 is 0 Å². The topological polar surface area (TPSA) is 83.1 Å². The molecule has 0 aromatic heterocycles. The van der Waals surface area contributed by atoms with Gasteiger partial charge in [-0.25, -0.2) is 5.43 Å². The zero-order valence-corrected chi connectivity index (χ0v) is 17.9. The monoisotopic (exact) mass is 442 g/mol. The fourth-order valence-electron chi connectivity index (χ4n) is 3.75. The van der Waals surface area contributed by atoms with Gasteiger partial charge in [0.25, 0.3) is 5.91 Å². The number of nitrogens with zero attached hydrogens (tertiary/aromatic N) is 2. The number of carbonyl (C=O) groups is 2. The molecule has 2 atom stereocenters. The molecule has 1 saturated heterocycles. The Kier molecular flexibility index (Phi) is 6.01. The van der Waals surface area contributed by atoms with Crippen LogP contribution in [0.15, 0.2) is 54.9 Å².